The molecular weight excluding hydrogens is 322 g/mol. The Labute approximate surface area is 123 Å². The maximum Gasteiger partial charge on any atom is 0.0739 e. The third-order valence-electron chi connectivity index (χ3n) is 3.05. The predicted octanol–water partition coefficient (Wildman–Crippen LogP) is 3.61. The third kappa shape index (κ3) is 2.42. The zero-order chi connectivity index (χ0) is 13.2. The summed E-state index contributed by atoms with van der Waals surface area (Å²) >= 11 is 5.17. The zero-order valence-corrected chi connectivity index (χ0v) is 12.4. The molecule has 0 aliphatic carbocycles. The first-order valence-electron chi connectivity index (χ1n) is 5.82. The zero-order valence-electron chi connectivity index (χ0n) is 10.0. The van der Waals surface area contributed by atoms with Crippen LogP contribution in [0, 0.1) is 0 Å². The number of aromatic nitrogens is 1. The van der Waals surface area contributed by atoms with E-state index < -0.39 is 0 Å². The van der Waals surface area contributed by atoms with E-state index in [4.69, 9.17) is 5.84 Å². The number of hydrogen-bond acceptors (Lipinski definition) is 4. The van der Waals surface area contributed by atoms with Gasteiger partial charge in [-0.05, 0) is 50.0 Å². The number of pyridine rings is 1. The van der Waals surface area contributed by atoms with Crippen LogP contribution >= 0.6 is 27.3 Å². The molecule has 0 aliphatic heterocycles. The molecule has 0 saturated heterocycles. The minimum atomic E-state index is -0.0626. The van der Waals surface area contributed by atoms with Gasteiger partial charge in [-0.15, -0.1) is 11.3 Å². The number of halogens is 1. The Morgan fingerprint density at radius 3 is 2.95 bits per heavy atom. The first-order valence-corrected chi connectivity index (χ1v) is 7.49. The van der Waals surface area contributed by atoms with Crippen LogP contribution in [0.3, 0.4) is 0 Å². The maximum atomic E-state index is 5.76. The number of thiophene rings is 1. The average molecular weight is 334 g/mol. The van der Waals surface area contributed by atoms with Crippen molar-refractivity contribution in [1.29, 1.82) is 0 Å². The molecule has 0 aliphatic rings. The minimum Gasteiger partial charge on any atom is -0.271 e. The highest BCUT2D eigenvalue weighted by molar-refractivity contribution is 9.10. The van der Waals surface area contributed by atoms with Crippen LogP contribution in [0.15, 0.2) is 52.6 Å². The number of rotatable bonds is 3. The molecule has 1 aromatic carbocycles. The fourth-order valence-electron chi connectivity index (χ4n) is 2.20. The summed E-state index contributed by atoms with van der Waals surface area (Å²) in [6, 6.07) is 10.4. The topological polar surface area (TPSA) is 50.9 Å². The lowest BCUT2D eigenvalue weighted by Crippen LogP contribution is -2.29. The molecular formula is C14H12BrN3S. The summed E-state index contributed by atoms with van der Waals surface area (Å²) in [6.45, 7) is 0. The normalized spacial score (nSPS) is 12.7. The van der Waals surface area contributed by atoms with Crippen molar-refractivity contribution < 1.29 is 0 Å². The average Bonchev–Trinajstić information content (AvgIpc) is 2.89. The number of hydrazine groups is 1. The van der Waals surface area contributed by atoms with Crippen LogP contribution in [0.2, 0.25) is 0 Å². The van der Waals surface area contributed by atoms with Crippen LogP contribution < -0.4 is 11.3 Å². The van der Waals surface area contributed by atoms with Gasteiger partial charge in [0, 0.05) is 21.6 Å². The van der Waals surface area contributed by atoms with E-state index in [-0.39, 0.29) is 6.04 Å². The van der Waals surface area contributed by atoms with Crippen molar-refractivity contribution in [2.45, 2.75) is 6.04 Å². The molecule has 3 N–H and O–H groups in total. The van der Waals surface area contributed by atoms with Crippen LogP contribution in [-0.2, 0) is 0 Å². The Balaban J connectivity index is 2.14. The molecule has 1 unspecified atom stereocenters. The Hall–Kier alpha value is -1.27. The second-order valence-corrected chi connectivity index (χ2v) is 6.05. The summed E-state index contributed by atoms with van der Waals surface area (Å²) in [5.41, 5.74) is 5.11. The molecule has 19 heavy (non-hydrogen) atoms. The van der Waals surface area contributed by atoms with Crippen molar-refractivity contribution in [3.8, 4) is 0 Å². The number of hydrogen-bond donors (Lipinski definition) is 2. The molecule has 3 aromatic rings. The molecule has 0 radical (unpaired) electrons. The summed E-state index contributed by atoms with van der Waals surface area (Å²) in [5.74, 6) is 5.76. The molecule has 0 amide bonds. The molecule has 3 nitrogen and oxygen atoms in total. The van der Waals surface area contributed by atoms with Gasteiger partial charge in [0.25, 0.3) is 0 Å². The quantitative estimate of drug-likeness (QED) is 0.568. The fourth-order valence-corrected chi connectivity index (χ4v) is 3.52. The second kappa shape index (κ2) is 5.38. The van der Waals surface area contributed by atoms with E-state index >= 15 is 0 Å². The van der Waals surface area contributed by atoms with E-state index in [0.29, 0.717) is 0 Å². The molecule has 0 saturated carbocycles. The second-order valence-electron chi connectivity index (χ2n) is 4.22. The van der Waals surface area contributed by atoms with Gasteiger partial charge in [0.15, 0.2) is 0 Å². The highest BCUT2D eigenvalue weighted by Gasteiger charge is 2.16. The summed E-state index contributed by atoms with van der Waals surface area (Å²) in [7, 11) is 0. The van der Waals surface area contributed by atoms with Gasteiger partial charge < -0.3 is 0 Å². The van der Waals surface area contributed by atoms with Gasteiger partial charge >= 0.3 is 0 Å². The Morgan fingerprint density at radius 1 is 1.26 bits per heavy atom. The lowest BCUT2D eigenvalue weighted by atomic mass is 10.00. The lowest BCUT2D eigenvalue weighted by Gasteiger charge is -2.17. The molecule has 0 fully saturated rings. The number of nitrogens with one attached hydrogen (secondary N) is 1. The standard InChI is InChI=1S/C14H12BrN3S/c15-11-6-10(7-17-8-11)13(18-16)12-3-1-2-9-4-5-19-14(9)12/h1-8,13,18H,16H2. The molecule has 3 rings (SSSR count). The van der Waals surface area contributed by atoms with E-state index in [1.165, 1.54) is 15.6 Å². The van der Waals surface area contributed by atoms with E-state index in [2.05, 4.69) is 56.0 Å². The Morgan fingerprint density at radius 2 is 2.16 bits per heavy atom. The SMILES string of the molecule is NNC(c1cncc(Br)c1)c1cccc2ccsc12. The minimum absolute atomic E-state index is 0.0626. The third-order valence-corrected chi connectivity index (χ3v) is 4.46. The van der Waals surface area contributed by atoms with Gasteiger partial charge in [0.05, 0.1) is 6.04 Å². The maximum absolute atomic E-state index is 5.76. The molecule has 2 aromatic heterocycles. The fraction of sp³-hybridized carbons (Fsp3) is 0.0714. The summed E-state index contributed by atoms with van der Waals surface area (Å²) in [4.78, 5) is 4.21. The van der Waals surface area contributed by atoms with Gasteiger partial charge in [-0.1, -0.05) is 18.2 Å². The van der Waals surface area contributed by atoms with Gasteiger partial charge in [-0.3, -0.25) is 10.8 Å². The lowest BCUT2D eigenvalue weighted by molar-refractivity contribution is 0.639. The van der Waals surface area contributed by atoms with Crippen molar-refractivity contribution in [2.24, 2.45) is 5.84 Å². The van der Waals surface area contributed by atoms with Crippen molar-refractivity contribution in [1.82, 2.24) is 10.4 Å². The van der Waals surface area contributed by atoms with Crippen LogP contribution in [0.5, 0.6) is 0 Å². The summed E-state index contributed by atoms with van der Waals surface area (Å²) in [6.07, 6.45) is 3.60. The molecule has 1 atom stereocenters. The van der Waals surface area contributed by atoms with Crippen LogP contribution in [0.1, 0.15) is 17.2 Å². The van der Waals surface area contributed by atoms with Crippen LogP contribution in [0.25, 0.3) is 10.1 Å². The molecule has 0 bridgehead atoms. The van der Waals surface area contributed by atoms with Gasteiger partial charge in [0.1, 0.15) is 0 Å². The number of benzene rings is 1. The molecule has 5 heteroatoms. The van der Waals surface area contributed by atoms with E-state index in [1.54, 1.807) is 17.5 Å². The highest BCUT2D eigenvalue weighted by Crippen LogP contribution is 2.32. The highest BCUT2D eigenvalue weighted by atomic mass is 79.9. The van der Waals surface area contributed by atoms with E-state index in [9.17, 15) is 0 Å². The van der Waals surface area contributed by atoms with Crippen LogP contribution in [0.4, 0.5) is 0 Å². The van der Waals surface area contributed by atoms with Crippen molar-refractivity contribution >= 4 is 37.4 Å². The van der Waals surface area contributed by atoms with E-state index in [0.717, 1.165) is 10.0 Å². The summed E-state index contributed by atoms with van der Waals surface area (Å²) in [5, 5.41) is 3.34. The van der Waals surface area contributed by atoms with Gasteiger partial charge in [-0.2, -0.15) is 0 Å². The van der Waals surface area contributed by atoms with Crippen molar-refractivity contribution in [2.75, 3.05) is 0 Å². The Bertz CT molecular complexity index is 710. The van der Waals surface area contributed by atoms with Crippen molar-refractivity contribution in [3.05, 3.63) is 63.7 Å². The monoisotopic (exact) mass is 333 g/mol. The van der Waals surface area contributed by atoms with Gasteiger partial charge in [-0.25, -0.2) is 5.43 Å². The number of nitrogens with two attached hydrogens (primary N) is 1. The van der Waals surface area contributed by atoms with E-state index in [1.807, 2.05) is 12.3 Å². The number of fused-ring (bicyclic) bond motifs is 1. The first kappa shape index (κ1) is 12.7. The predicted molar refractivity (Wildman–Crippen MR) is 82.9 cm³/mol. The smallest absolute Gasteiger partial charge is 0.0739 e. The first-order chi connectivity index (χ1) is 9.29. The number of nitrogens with zero attached hydrogens (tertiary/aromatic N) is 1. The molecule has 96 valence electrons. The van der Waals surface area contributed by atoms with Crippen LogP contribution in [-0.4, -0.2) is 4.98 Å². The Kier molecular flexibility index (Phi) is 3.61. The van der Waals surface area contributed by atoms with Gasteiger partial charge in [0.2, 0.25) is 0 Å². The summed E-state index contributed by atoms with van der Waals surface area (Å²) < 4.78 is 2.20. The largest absolute Gasteiger partial charge is 0.271 e. The van der Waals surface area contributed by atoms with Crippen molar-refractivity contribution in [3.63, 3.8) is 0 Å². The molecule has 2 heterocycles. The molecule has 0 spiro atoms.